The Morgan fingerprint density at radius 2 is 0.837 bits per heavy atom. The standard InChI is InChI=1S/C86H87N4O8/c1-8-12-24-59(10-3)54-89-75-38-32-63(83(87)67-28-18-14-22-56(67)5)50-71(75)73-52-65(34-40-77(73)89)85(92)81-69-30-20-16-26-61(69)36-42-79(81)96-48-46-94-44-45-95-47-49-97-80-43-37-62-27-17-21-31-70(62)82(80)86(93)66-35-41-78-74(53-66)72-51-64(33-39-76(72)90(78)55-60(11-4)25-13-9-2)84(88-98-58(7)91)68-29-19-15-23-57(68)6/h14-23,26-43,50-53,59-60H,8-13,24-25,44-49,54-55H2,1-7H3. The smallest absolute Gasteiger partial charge is 0.332 e. The summed E-state index contributed by atoms with van der Waals surface area (Å²) >= 11 is 0. The molecule has 0 N–H and O–H groups in total. The Kier molecular flexibility index (Phi) is 21.8. The minimum absolute atomic E-state index is 0.149. The van der Waals surface area contributed by atoms with Gasteiger partial charge >= 0.3 is 5.97 Å². The number of ether oxygens (including phenoxy) is 4. The third-order valence-electron chi connectivity index (χ3n) is 19.4. The van der Waals surface area contributed by atoms with E-state index in [1.165, 1.54) is 13.3 Å². The normalized spacial score (nSPS) is 12.5. The van der Waals surface area contributed by atoms with E-state index < -0.39 is 5.97 Å². The molecule has 12 nitrogen and oxygen atoms in total. The zero-order valence-corrected chi connectivity index (χ0v) is 57.5. The molecule has 1 radical (unpaired) electrons. The molecular weight excluding hydrogens is 1220 g/mol. The molecule has 0 fully saturated rings. The summed E-state index contributed by atoms with van der Waals surface area (Å²) in [6, 6.07) is 63.8. The Morgan fingerprint density at radius 1 is 0.439 bits per heavy atom. The molecule has 0 aliphatic rings. The number of hydrogen-bond donors (Lipinski definition) is 0. The highest BCUT2D eigenvalue weighted by Crippen LogP contribution is 2.39. The Bertz CT molecular complexity index is 4960. The lowest BCUT2D eigenvalue weighted by Crippen LogP contribution is -2.15. The average Bonchev–Trinajstić information content (AvgIpc) is 1.55. The second kappa shape index (κ2) is 31.5. The van der Waals surface area contributed by atoms with Gasteiger partial charge in [0.2, 0.25) is 0 Å². The molecule has 98 heavy (non-hydrogen) atoms. The van der Waals surface area contributed by atoms with Crippen LogP contribution in [0.25, 0.3) is 65.2 Å². The van der Waals surface area contributed by atoms with Crippen molar-refractivity contribution in [2.75, 3.05) is 39.6 Å². The van der Waals surface area contributed by atoms with Crippen molar-refractivity contribution in [3.8, 4) is 11.5 Å². The topological polar surface area (TPSA) is 142 Å². The molecule has 2 aromatic heterocycles. The second-order valence-electron chi connectivity index (χ2n) is 25.9. The number of unbranched alkanes of at least 4 members (excludes halogenated alkanes) is 2. The summed E-state index contributed by atoms with van der Waals surface area (Å²) in [6.07, 6.45) is 8.95. The van der Waals surface area contributed by atoms with Crippen molar-refractivity contribution < 1.29 is 38.2 Å². The van der Waals surface area contributed by atoms with E-state index in [4.69, 9.17) is 23.8 Å². The first-order valence-corrected chi connectivity index (χ1v) is 35.0. The molecule has 0 amide bonds. The number of fused-ring (bicyclic) bond motifs is 8. The highest BCUT2D eigenvalue weighted by atomic mass is 16.7. The van der Waals surface area contributed by atoms with E-state index in [9.17, 15) is 10.2 Å². The molecule has 0 spiro atoms. The number of rotatable bonds is 32. The maximum absolute atomic E-state index is 15.3. The Balaban J connectivity index is 0.729. The molecular formula is C86H87N4O8. The van der Waals surface area contributed by atoms with Crippen LogP contribution in [0.15, 0.2) is 199 Å². The van der Waals surface area contributed by atoms with Gasteiger partial charge in [0.05, 0.1) is 37.6 Å². The van der Waals surface area contributed by atoms with E-state index in [-0.39, 0.29) is 43.7 Å². The number of nitrogens with zero attached hydrogens (tertiary/aromatic N) is 4. The minimum atomic E-state index is -0.510. The van der Waals surface area contributed by atoms with Gasteiger partial charge < -0.3 is 32.9 Å². The van der Waals surface area contributed by atoms with Crippen LogP contribution in [0.5, 0.6) is 11.5 Å². The zero-order chi connectivity index (χ0) is 68.2. The van der Waals surface area contributed by atoms with Crippen LogP contribution in [0.2, 0.25) is 0 Å². The first-order chi connectivity index (χ1) is 47.9. The number of benzene rings is 10. The fourth-order valence-corrected chi connectivity index (χ4v) is 14.0. The summed E-state index contributed by atoms with van der Waals surface area (Å²) in [5, 5.41) is 23.4. The van der Waals surface area contributed by atoms with Crippen LogP contribution in [0, 0.1) is 25.7 Å². The summed E-state index contributed by atoms with van der Waals surface area (Å²) in [4.78, 5) is 47.9. The van der Waals surface area contributed by atoms with Gasteiger partial charge in [-0.2, -0.15) is 0 Å². The number of carbonyl (C=O) groups is 3. The highest BCUT2D eigenvalue weighted by molar-refractivity contribution is 6.23. The summed E-state index contributed by atoms with van der Waals surface area (Å²) in [5.74, 6) is 1.06. The van der Waals surface area contributed by atoms with Crippen LogP contribution in [0.4, 0.5) is 0 Å². The van der Waals surface area contributed by atoms with Crippen molar-refractivity contribution in [1.82, 2.24) is 14.5 Å². The van der Waals surface area contributed by atoms with Crippen molar-refractivity contribution in [3.05, 3.63) is 250 Å². The van der Waals surface area contributed by atoms with Crippen molar-refractivity contribution in [3.63, 3.8) is 0 Å². The SMILES string of the molecule is CCCCC(CC)Cn1c2ccc(C(=[N])c3ccccc3C)cc2c2cc(C(=O)c3c(OCCOCCOCCOc4ccc5ccccc5c4C(=O)c4ccc5c(c4)c4cc(C(=NOC(C)=O)c6ccccc6C)ccc4n5CC(CC)CCCC)ccc4ccccc34)ccc21. The Morgan fingerprint density at radius 3 is 1.29 bits per heavy atom. The molecule has 2 atom stereocenters. The lowest BCUT2D eigenvalue weighted by molar-refractivity contribution is -0.140. The van der Waals surface area contributed by atoms with E-state index in [1.807, 2.05) is 172 Å². The molecule has 12 aromatic rings. The molecule has 2 unspecified atom stereocenters. The lowest BCUT2D eigenvalue weighted by atomic mass is 9.94. The van der Waals surface area contributed by atoms with Crippen molar-refractivity contribution in [2.24, 2.45) is 17.0 Å². The van der Waals surface area contributed by atoms with E-state index in [1.54, 1.807) is 0 Å². The van der Waals surface area contributed by atoms with Gasteiger partial charge in [-0.25, -0.2) is 4.79 Å². The first-order valence-electron chi connectivity index (χ1n) is 35.0. The molecule has 0 aliphatic carbocycles. The van der Waals surface area contributed by atoms with Crippen LogP contribution in [-0.2, 0) is 32.2 Å². The first kappa shape index (κ1) is 67.9. The molecule has 0 saturated heterocycles. The molecule has 10 aromatic carbocycles. The number of carbonyl (C=O) groups excluding carboxylic acids is 3. The third-order valence-corrected chi connectivity index (χ3v) is 19.4. The van der Waals surface area contributed by atoms with Gasteiger partial charge in [0, 0.05) is 97.0 Å². The molecule has 12 heteroatoms. The largest absolute Gasteiger partial charge is 0.490 e. The maximum atomic E-state index is 15.3. The quantitative estimate of drug-likeness (QED) is 0.0133. The van der Waals surface area contributed by atoms with Crippen LogP contribution in [0.3, 0.4) is 0 Å². The van der Waals surface area contributed by atoms with E-state index in [2.05, 4.69) is 78.4 Å². The van der Waals surface area contributed by atoms with Crippen molar-refractivity contribution in [1.29, 1.82) is 0 Å². The second-order valence-corrected chi connectivity index (χ2v) is 25.9. The van der Waals surface area contributed by atoms with E-state index in [0.29, 0.717) is 64.5 Å². The molecule has 0 saturated carbocycles. The molecule has 0 bridgehead atoms. The van der Waals surface area contributed by atoms with Gasteiger partial charge in [0.25, 0.3) is 0 Å². The molecule has 499 valence electrons. The van der Waals surface area contributed by atoms with Crippen LogP contribution >= 0.6 is 0 Å². The van der Waals surface area contributed by atoms with Crippen LogP contribution in [0.1, 0.15) is 151 Å². The van der Waals surface area contributed by atoms with Crippen molar-refractivity contribution in [2.45, 2.75) is 113 Å². The number of aromatic nitrogens is 2. The van der Waals surface area contributed by atoms with Gasteiger partial charge in [-0.05, 0) is 144 Å². The van der Waals surface area contributed by atoms with Crippen LogP contribution < -0.4 is 14.9 Å². The third kappa shape index (κ3) is 14.6. The molecule has 0 aliphatic heterocycles. The predicted octanol–water partition coefficient (Wildman–Crippen LogP) is 19.2. The Labute approximate surface area is 574 Å². The predicted molar refractivity (Wildman–Crippen MR) is 398 cm³/mol. The maximum Gasteiger partial charge on any atom is 0.332 e. The van der Waals surface area contributed by atoms with E-state index >= 15 is 9.59 Å². The number of hydrogen-bond acceptors (Lipinski definition) is 9. The number of ketones is 2. The zero-order valence-electron chi connectivity index (χ0n) is 57.5. The van der Waals surface area contributed by atoms with Crippen LogP contribution in [-0.4, -0.2) is 77.7 Å². The van der Waals surface area contributed by atoms with Gasteiger partial charge in [0.1, 0.15) is 36.1 Å². The highest BCUT2D eigenvalue weighted by Gasteiger charge is 2.26. The van der Waals surface area contributed by atoms with Gasteiger partial charge in [0.15, 0.2) is 11.6 Å². The molecule has 12 rings (SSSR count). The molecule has 2 heterocycles. The van der Waals surface area contributed by atoms with Crippen molar-refractivity contribution >= 4 is 94.1 Å². The summed E-state index contributed by atoms with van der Waals surface area (Å²) < 4.78 is 29.8. The summed E-state index contributed by atoms with van der Waals surface area (Å²) in [5.41, 5.74) is 12.1. The monoisotopic (exact) mass is 1300 g/mol. The van der Waals surface area contributed by atoms with Gasteiger partial charge in [-0.15, -0.1) is 5.41 Å². The number of aryl methyl sites for hydroxylation is 2. The Hall–Kier alpha value is -10.0. The summed E-state index contributed by atoms with van der Waals surface area (Å²) in [7, 11) is 0. The minimum Gasteiger partial charge on any atom is -0.490 e. The fourth-order valence-electron chi connectivity index (χ4n) is 14.0. The fraction of sp³-hybridized carbons (Fsp3) is 0.291. The lowest BCUT2D eigenvalue weighted by Gasteiger charge is -2.18. The average molecular weight is 1300 g/mol. The van der Waals surface area contributed by atoms with Gasteiger partial charge in [-0.3, -0.25) is 9.59 Å². The number of oxime groups is 1. The summed E-state index contributed by atoms with van der Waals surface area (Å²) in [6.45, 7) is 17.5. The van der Waals surface area contributed by atoms with E-state index in [0.717, 1.165) is 157 Å². The van der Waals surface area contributed by atoms with Gasteiger partial charge in [-0.1, -0.05) is 193 Å².